The zero-order chi connectivity index (χ0) is 21.5. The van der Waals surface area contributed by atoms with E-state index in [2.05, 4.69) is 10.3 Å². The molecule has 0 saturated carbocycles. The summed E-state index contributed by atoms with van der Waals surface area (Å²) < 4.78 is 26.4. The number of Topliss-reactive ketones (excluding diaryl/α,β-unsaturated/α-hetero) is 1. The molecule has 0 spiro atoms. The van der Waals surface area contributed by atoms with Crippen molar-refractivity contribution in [3.8, 4) is 17.1 Å². The van der Waals surface area contributed by atoms with E-state index >= 15 is 0 Å². The largest absolute Gasteiger partial charge is 0.489 e. The number of hydrogen-bond acceptors (Lipinski definition) is 6. The molecular formula is C22H21FN4O4. The van der Waals surface area contributed by atoms with Gasteiger partial charge in [-0.1, -0.05) is 5.16 Å². The molecule has 1 saturated heterocycles. The van der Waals surface area contributed by atoms with Gasteiger partial charge >= 0.3 is 0 Å². The van der Waals surface area contributed by atoms with Crippen molar-refractivity contribution in [3.63, 3.8) is 0 Å². The van der Waals surface area contributed by atoms with Crippen molar-refractivity contribution >= 4 is 11.7 Å². The van der Waals surface area contributed by atoms with E-state index in [9.17, 15) is 14.0 Å². The second-order valence-electron chi connectivity index (χ2n) is 8.03. The first-order valence-corrected chi connectivity index (χ1v) is 10.2. The van der Waals surface area contributed by atoms with Crippen LogP contribution in [0.2, 0.25) is 0 Å². The van der Waals surface area contributed by atoms with Gasteiger partial charge in [-0.05, 0) is 37.0 Å². The summed E-state index contributed by atoms with van der Waals surface area (Å²) in [5.41, 5.74) is 1.32. The van der Waals surface area contributed by atoms with E-state index < -0.39 is 5.82 Å². The fourth-order valence-electron chi connectivity index (χ4n) is 4.28. The zero-order valence-corrected chi connectivity index (χ0v) is 17.0. The lowest BCUT2D eigenvalue weighted by molar-refractivity contribution is 0.0446. The molecular weight excluding hydrogens is 403 g/mol. The number of aryl methyl sites for hydroxylation is 1. The normalized spacial score (nSPS) is 19.2. The number of hydrogen-bond donors (Lipinski definition) is 0. The van der Waals surface area contributed by atoms with Crippen LogP contribution >= 0.6 is 0 Å². The number of ketones is 1. The smallest absolute Gasteiger partial charge is 0.276 e. The van der Waals surface area contributed by atoms with Gasteiger partial charge in [-0.25, -0.2) is 4.39 Å². The van der Waals surface area contributed by atoms with E-state index in [1.165, 1.54) is 18.2 Å². The van der Waals surface area contributed by atoms with Gasteiger partial charge in [0.15, 0.2) is 17.2 Å². The summed E-state index contributed by atoms with van der Waals surface area (Å²) in [6.07, 6.45) is 4.84. The molecule has 160 valence electrons. The Morgan fingerprint density at radius 3 is 2.77 bits per heavy atom. The average molecular weight is 424 g/mol. The SMILES string of the molecule is Cn1cc(-c2cc(C(=O)N3CCC([C@@H]4CC(=O)c5cc(F)ccc5O4)CC3)no2)cn1. The van der Waals surface area contributed by atoms with Crippen LogP contribution in [0.15, 0.2) is 41.2 Å². The Bertz CT molecular complexity index is 1150. The van der Waals surface area contributed by atoms with Gasteiger partial charge in [-0.15, -0.1) is 0 Å². The molecule has 0 N–H and O–H groups in total. The van der Waals surface area contributed by atoms with Crippen LogP contribution in [0, 0.1) is 11.7 Å². The first-order valence-electron chi connectivity index (χ1n) is 10.2. The Hall–Kier alpha value is -3.49. The Morgan fingerprint density at radius 2 is 2.03 bits per heavy atom. The summed E-state index contributed by atoms with van der Waals surface area (Å²) in [6.45, 7) is 1.09. The first-order chi connectivity index (χ1) is 15.0. The van der Waals surface area contributed by atoms with E-state index in [0.29, 0.717) is 43.0 Å². The highest BCUT2D eigenvalue weighted by Crippen LogP contribution is 2.34. The maximum absolute atomic E-state index is 13.4. The number of rotatable bonds is 3. The van der Waals surface area contributed by atoms with Crippen LogP contribution in [-0.4, -0.2) is 50.7 Å². The third kappa shape index (κ3) is 3.71. The van der Waals surface area contributed by atoms with E-state index in [1.807, 2.05) is 0 Å². The van der Waals surface area contributed by atoms with Gasteiger partial charge in [-0.3, -0.25) is 14.3 Å². The van der Waals surface area contributed by atoms with Crippen LogP contribution in [0.1, 0.15) is 40.1 Å². The quantitative estimate of drug-likeness (QED) is 0.642. The maximum atomic E-state index is 13.4. The van der Waals surface area contributed by atoms with Crippen molar-refractivity contribution in [1.29, 1.82) is 0 Å². The molecule has 2 aliphatic rings. The van der Waals surface area contributed by atoms with E-state index in [4.69, 9.17) is 9.26 Å². The molecule has 5 rings (SSSR count). The fourth-order valence-corrected chi connectivity index (χ4v) is 4.28. The number of benzene rings is 1. The predicted molar refractivity (Wildman–Crippen MR) is 107 cm³/mol. The highest BCUT2D eigenvalue weighted by molar-refractivity contribution is 6.00. The van der Waals surface area contributed by atoms with Crippen LogP contribution < -0.4 is 4.74 Å². The number of likely N-dealkylation sites (tertiary alicyclic amines) is 1. The molecule has 4 heterocycles. The van der Waals surface area contributed by atoms with Crippen molar-refractivity contribution < 1.29 is 23.2 Å². The topological polar surface area (TPSA) is 90.5 Å². The minimum Gasteiger partial charge on any atom is -0.489 e. The second-order valence-corrected chi connectivity index (χ2v) is 8.03. The number of ether oxygens (including phenoxy) is 1. The summed E-state index contributed by atoms with van der Waals surface area (Å²) in [4.78, 5) is 27.0. The molecule has 0 unspecified atom stereocenters. The molecule has 9 heteroatoms. The van der Waals surface area contributed by atoms with Crippen molar-refractivity contribution in [1.82, 2.24) is 19.8 Å². The summed E-state index contributed by atoms with van der Waals surface area (Å²) in [5.74, 6) is 0.353. The molecule has 8 nitrogen and oxygen atoms in total. The number of carbonyl (C=O) groups is 2. The van der Waals surface area contributed by atoms with Gasteiger partial charge in [0.2, 0.25) is 0 Å². The molecule has 31 heavy (non-hydrogen) atoms. The third-order valence-corrected chi connectivity index (χ3v) is 5.98. The number of piperidine rings is 1. The Labute approximate surface area is 177 Å². The van der Waals surface area contributed by atoms with Crippen LogP contribution in [-0.2, 0) is 7.05 Å². The van der Waals surface area contributed by atoms with Crippen molar-refractivity contribution in [2.75, 3.05) is 13.1 Å². The number of halogens is 1. The second kappa shape index (κ2) is 7.64. The lowest BCUT2D eigenvalue weighted by Gasteiger charge is -2.37. The summed E-state index contributed by atoms with van der Waals surface area (Å²) in [5, 5.41) is 8.02. The van der Waals surface area contributed by atoms with E-state index in [-0.39, 0.29) is 35.8 Å². The molecule has 0 bridgehead atoms. The van der Waals surface area contributed by atoms with Gasteiger partial charge in [0.1, 0.15) is 17.7 Å². The molecule has 3 aromatic rings. The van der Waals surface area contributed by atoms with Crippen molar-refractivity contribution in [3.05, 3.63) is 53.7 Å². The standard InChI is InChI=1S/C22H21FN4O4/c1-26-12-14(11-24-26)21-9-17(25-31-21)22(29)27-6-4-13(5-7-27)20-10-18(28)16-8-15(23)2-3-19(16)30-20/h2-3,8-9,11-13,20H,4-7,10H2,1H3/t20-/m0/s1. The van der Waals surface area contributed by atoms with E-state index in [0.717, 1.165) is 5.56 Å². The molecule has 2 aromatic heterocycles. The summed E-state index contributed by atoms with van der Waals surface area (Å²) >= 11 is 0. The van der Waals surface area contributed by atoms with Gasteiger partial charge < -0.3 is 14.2 Å². The number of amides is 1. The molecule has 1 amide bonds. The highest BCUT2D eigenvalue weighted by atomic mass is 19.1. The van der Waals surface area contributed by atoms with Crippen molar-refractivity contribution in [2.45, 2.75) is 25.4 Å². The molecule has 0 radical (unpaired) electrons. The Morgan fingerprint density at radius 1 is 1.23 bits per heavy atom. The molecule has 1 aromatic carbocycles. The molecule has 0 aliphatic carbocycles. The maximum Gasteiger partial charge on any atom is 0.276 e. The minimum absolute atomic E-state index is 0.102. The highest BCUT2D eigenvalue weighted by Gasteiger charge is 2.36. The number of aromatic nitrogens is 3. The number of fused-ring (bicyclic) bond motifs is 1. The van der Waals surface area contributed by atoms with Gasteiger partial charge in [0, 0.05) is 38.8 Å². The number of carbonyl (C=O) groups excluding carboxylic acids is 2. The predicted octanol–water partition coefficient (Wildman–Crippen LogP) is 3.10. The third-order valence-electron chi connectivity index (χ3n) is 5.98. The van der Waals surface area contributed by atoms with Crippen LogP contribution in [0.25, 0.3) is 11.3 Å². The lowest BCUT2D eigenvalue weighted by Crippen LogP contribution is -2.44. The fraction of sp³-hybridized carbons (Fsp3) is 0.364. The van der Waals surface area contributed by atoms with Crippen molar-refractivity contribution in [2.24, 2.45) is 13.0 Å². The molecule has 1 fully saturated rings. The van der Waals surface area contributed by atoms with Gasteiger partial charge in [0.25, 0.3) is 5.91 Å². The van der Waals surface area contributed by atoms with Gasteiger partial charge in [0.05, 0.1) is 17.3 Å². The summed E-state index contributed by atoms with van der Waals surface area (Å²) in [6, 6.07) is 5.67. The Balaban J connectivity index is 1.22. The summed E-state index contributed by atoms with van der Waals surface area (Å²) in [7, 11) is 1.80. The molecule has 2 aliphatic heterocycles. The monoisotopic (exact) mass is 424 g/mol. The average Bonchev–Trinajstić information content (AvgIpc) is 3.43. The van der Waals surface area contributed by atoms with Gasteiger partial charge in [-0.2, -0.15) is 5.10 Å². The van der Waals surface area contributed by atoms with E-state index in [1.54, 1.807) is 35.1 Å². The van der Waals surface area contributed by atoms with Crippen LogP contribution in [0.4, 0.5) is 4.39 Å². The van der Waals surface area contributed by atoms with Crippen LogP contribution in [0.5, 0.6) is 5.75 Å². The number of nitrogens with zero attached hydrogens (tertiary/aromatic N) is 4. The van der Waals surface area contributed by atoms with Crippen LogP contribution in [0.3, 0.4) is 0 Å². The molecule has 1 atom stereocenters. The first kappa shape index (κ1) is 19.5. The zero-order valence-electron chi connectivity index (χ0n) is 17.0. The minimum atomic E-state index is -0.444. The lowest BCUT2D eigenvalue weighted by atomic mass is 9.86. The Kier molecular flexibility index (Phi) is 4.80.